The lowest BCUT2D eigenvalue weighted by Crippen LogP contribution is -2.07. The number of aromatic nitrogens is 2. The first-order valence-corrected chi connectivity index (χ1v) is 5.77. The van der Waals surface area contributed by atoms with Gasteiger partial charge in [-0.25, -0.2) is 13.4 Å². The van der Waals surface area contributed by atoms with E-state index < -0.39 is 9.84 Å². The molecule has 0 unspecified atom stereocenters. The number of nitrogens with zero attached hydrogens (tertiary/aromatic N) is 2. The van der Waals surface area contributed by atoms with Crippen molar-refractivity contribution in [3.8, 4) is 0 Å². The molecule has 0 amide bonds. The van der Waals surface area contributed by atoms with E-state index in [-0.39, 0.29) is 24.1 Å². The first-order valence-electron chi connectivity index (χ1n) is 3.88. The monoisotopic (exact) mass is 220 g/mol. The lowest BCUT2D eigenvalue weighted by molar-refractivity contribution is 0.251. The lowest BCUT2D eigenvalue weighted by Gasteiger charge is -2.01. The van der Waals surface area contributed by atoms with E-state index in [1.807, 2.05) is 0 Å². The maximum Gasteiger partial charge on any atom is 0.227 e. The predicted octanol–water partition coefficient (Wildman–Crippen LogP) is -1.19. The van der Waals surface area contributed by atoms with Crippen LogP contribution in [0.2, 0.25) is 0 Å². The summed E-state index contributed by atoms with van der Waals surface area (Å²) in [7, 11) is -1.95. The topological polar surface area (TPSA) is 92.4 Å². The minimum Gasteiger partial charge on any atom is -0.390 e. The molecule has 0 saturated heterocycles. The molecule has 7 heteroatoms. The van der Waals surface area contributed by atoms with Gasteiger partial charge in [-0.2, -0.15) is 0 Å². The molecule has 0 aromatic carbocycles. The van der Waals surface area contributed by atoms with Crippen LogP contribution in [-0.4, -0.2) is 34.4 Å². The fraction of sp³-hybridized carbons (Fsp3) is 0.571. The molecule has 1 aromatic heterocycles. The Hall–Kier alpha value is -0.920. The minimum absolute atomic E-state index is 0.148. The quantitative estimate of drug-likeness (QED) is 0.668. The summed E-state index contributed by atoms with van der Waals surface area (Å²) in [5.41, 5.74) is 0.503. The van der Waals surface area contributed by atoms with Gasteiger partial charge in [0.2, 0.25) is 15.0 Å². The van der Waals surface area contributed by atoms with E-state index in [1.165, 1.54) is 11.6 Å². The summed E-state index contributed by atoms with van der Waals surface area (Å²) in [6.07, 6.45) is 1.03. The second-order valence-electron chi connectivity index (χ2n) is 2.94. The van der Waals surface area contributed by atoms with Gasteiger partial charge in [-0.3, -0.25) is 0 Å². The highest BCUT2D eigenvalue weighted by Gasteiger charge is 2.20. The Morgan fingerprint density at radius 2 is 1.93 bits per heavy atom. The van der Waals surface area contributed by atoms with Crippen LogP contribution in [0.25, 0.3) is 0 Å². The molecule has 0 radical (unpaired) electrons. The molecule has 2 N–H and O–H groups in total. The molecule has 0 saturated carbocycles. The molecule has 80 valence electrons. The van der Waals surface area contributed by atoms with E-state index in [2.05, 4.69) is 4.98 Å². The van der Waals surface area contributed by atoms with Crippen molar-refractivity contribution in [2.24, 2.45) is 7.05 Å². The zero-order chi connectivity index (χ0) is 10.9. The third kappa shape index (κ3) is 1.79. The summed E-state index contributed by atoms with van der Waals surface area (Å²) in [5.74, 6) is 0. The highest BCUT2D eigenvalue weighted by molar-refractivity contribution is 7.90. The van der Waals surface area contributed by atoms with Crippen LogP contribution in [0.3, 0.4) is 0 Å². The van der Waals surface area contributed by atoms with Gasteiger partial charge in [0, 0.05) is 13.3 Å². The largest absolute Gasteiger partial charge is 0.390 e. The number of hydrogen-bond acceptors (Lipinski definition) is 5. The van der Waals surface area contributed by atoms with Crippen molar-refractivity contribution < 1.29 is 18.6 Å². The number of imidazole rings is 1. The van der Waals surface area contributed by atoms with Crippen molar-refractivity contribution in [1.82, 2.24) is 9.55 Å². The van der Waals surface area contributed by atoms with Gasteiger partial charge in [-0.1, -0.05) is 0 Å². The predicted molar refractivity (Wildman–Crippen MR) is 48.2 cm³/mol. The molecule has 0 aliphatic carbocycles. The number of aliphatic hydroxyl groups excluding tert-OH is 2. The third-order valence-corrected chi connectivity index (χ3v) is 2.92. The van der Waals surface area contributed by atoms with Gasteiger partial charge < -0.3 is 14.8 Å². The highest BCUT2D eigenvalue weighted by atomic mass is 32.2. The molecule has 6 nitrogen and oxygen atoms in total. The van der Waals surface area contributed by atoms with Crippen LogP contribution in [0.5, 0.6) is 0 Å². The average molecular weight is 220 g/mol. The normalized spacial score (nSPS) is 12.0. The SMILES string of the molecule is Cn1c(S(C)(=O)=O)nc(CO)c1CO. The van der Waals surface area contributed by atoms with Crippen molar-refractivity contribution in [1.29, 1.82) is 0 Å². The van der Waals surface area contributed by atoms with E-state index in [1.54, 1.807) is 0 Å². The first-order chi connectivity index (χ1) is 6.41. The summed E-state index contributed by atoms with van der Waals surface area (Å²) >= 11 is 0. The molecule has 14 heavy (non-hydrogen) atoms. The number of rotatable bonds is 3. The Bertz CT molecular complexity index is 435. The minimum atomic E-state index is -3.43. The summed E-state index contributed by atoms with van der Waals surface area (Å²) in [6.45, 7) is -0.742. The maximum atomic E-state index is 11.2. The second kappa shape index (κ2) is 3.68. The Labute approximate surface area is 81.7 Å². The lowest BCUT2D eigenvalue weighted by atomic mass is 10.3. The molecule has 1 aromatic rings. The molecular formula is C7H12N2O4S. The van der Waals surface area contributed by atoms with Crippen molar-refractivity contribution in [3.05, 3.63) is 11.4 Å². The Kier molecular flexibility index (Phi) is 2.93. The van der Waals surface area contributed by atoms with Crippen molar-refractivity contribution in [3.63, 3.8) is 0 Å². The van der Waals surface area contributed by atoms with Crippen LogP contribution >= 0.6 is 0 Å². The number of sulfone groups is 1. The Balaban J connectivity index is 3.43. The van der Waals surface area contributed by atoms with Gasteiger partial charge in [0.25, 0.3) is 0 Å². The van der Waals surface area contributed by atoms with Gasteiger partial charge >= 0.3 is 0 Å². The van der Waals surface area contributed by atoms with E-state index in [4.69, 9.17) is 10.2 Å². The van der Waals surface area contributed by atoms with Crippen LogP contribution < -0.4 is 0 Å². The van der Waals surface area contributed by atoms with Crippen LogP contribution in [-0.2, 0) is 30.1 Å². The maximum absolute atomic E-state index is 11.2. The van der Waals surface area contributed by atoms with E-state index in [0.29, 0.717) is 5.69 Å². The van der Waals surface area contributed by atoms with Crippen LogP contribution in [0.1, 0.15) is 11.4 Å². The molecule has 0 bridgehead atoms. The zero-order valence-corrected chi connectivity index (χ0v) is 8.74. The summed E-state index contributed by atoms with van der Waals surface area (Å²) < 4.78 is 23.7. The first kappa shape index (κ1) is 11.2. The molecule has 0 aliphatic heterocycles. The summed E-state index contributed by atoms with van der Waals surface area (Å²) in [5, 5.41) is 17.7. The van der Waals surface area contributed by atoms with Gasteiger partial charge in [0.05, 0.1) is 24.6 Å². The fourth-order valence-corrected chi connectivity index (χ4v) is 2.10. The average Bonchev–Trinajstić information content (AvgIpc) is 2.40. The Morgan fingerprint density at radius 1 is 1.36 bits per heavy atom. The van der Waals surface area contributed by atoms with Gasteiger partial charge in [-0.05, 0) is 0 Å². The van der Waals surface area contributed by atoms with Crippen molar-refractivity contribution in [2.45, 2.75) is 18.4 Å². The summed E-state index contributed by atoms with van der Waals surface area (Å²) in [4.78, 5) is 3.74. The fourth-order valence-electron chi connectivity index (χ4n) is 1.22. The number of hydrogen-bond donors (Lipinski definition) is 2. The van der Waals surface area contributed by atoms with E-state index >= 15 is 0 Å². The van der Waals surface area contributed by atoms with E-state index in [0.717, 1.165) is 6.26 Å². The number of aliphatic hydroxyl groups is 2. The zero-order valence-electron chi connectivity index (χ0n) is 7.93. The molecule has 0 aliphatic rings. The molecule has 0 fully saturated rings. The molecule has 1 rings (SSSR count). The third-order valence-electron chi connectivity index (χ3n) is 1.89. The Morgan fingerprint density at radius 3 is 2.21 bits per heavy atom. The second-order valence-corrected chi connectivity index (χ2v) is 4.84. The van der Waals surface area contributed by atoms with Crippen molar-refractivity contribution in [2.75, 3.05) is 6.26 Å². The molecule has 0 atom stereocenters. The van der Waals surface area contributed by atoms with E-state index in [9.17, 15) is 8.42 Å². The van der Waals surface area contributed by atoms with Gasteiger partial charge in [-0.15, -0.1) is 0 Å². The van der Waals surface area contributed by atoms with Gasteiger partial charge in [0.1, 0.15) is 0 Å². The standard InChI is InChI=1S/C7H12N2O4S/c1-9-6(4-11)5(3-10)8-7(9)14(2,12)13/h10-11H,3-4H2,1-2H3. The molecule has 0 spiro atoms. The molecule has 1 heterocycles. The van der Waals surface area contributed by atoms with Crippen LogP contribution in [0.4, 0.5) is 0 Å². The summed E-state index contributed by atoms with van der Waals surface area (Å²) in [6, 6.07) is 0. The highest BCUT2D eigenvalue weighted by Crippen LogP contribution is 2.14. The molecular weight excluding hydrogens is 208 g/mol. The van der Waals surface area contributed by atoms with Gasteiger partial charge in [0.15, 0.2) is 0 Å². The van der Waals surface area contributed by atoms with Crippen molar-refractivity contribution >= 4 is 9.84 Å². The smallest absolute Gasteiger partial charge is 0.227 e. The van der Waals surface area contributed by atoms with Crippen LogP contribution in [0.15, 0.2) is 5.16 Å². The van der Waals surface area contributed by atoms with Crippen LogP contribution in [0, 0.1) is 0 Å².